The van der Waals surface area contributed by atoms with E-state index < -0.39 is 0 Å². The number of pyridine rings is 1. The maximum atomic E-state index is 13.2. The minimum atomic E-state index is -0.208. The van der Waals surface area contributed by atoms with Crippen molar-refractivity contribution < 1.29 is 9.53 Å². The van der Waals surface area contributed by atoms with E-state index in [1.54, 1.807) is 30.7 Å². The van der Waals surface area contributed by atoms with Crippen LogP contribution in [-0.4, -0.2) is 56.7 Å². The van der Waals surface area contributed by atoms with E-state index in [1.807, 2.05) is 30.7 Å². The second kappa shape index (κ2) is 10.1. The number of hydrogen-bond acceptors (Lipinski definition) is 8. The van der Waals surface area contributed by atoms with Crippen molar-refractivity contribution in [3.63, 3.8) is 0 Å². The van der Waals surface area contributed by atoms with Gasteiger partial charge in [0.25, 0.3) is 0 Å². The third-order valence-electron chi connectivity index (χ3n) is 5.99. The van der Waals surface area contributed by atoms with Crippen molar-refractivity contribution in [3.05, 3.63) is 36.7 Å². The molecular weight excluding hydrogens is 432 g/mol. The molecule has 0 saturated carbocycles. The summed E-state index contributed by atoms with van der Waals surface area (Å²) in [7, 11) is 1.61. The van der Waals surface area contributed by atoms with Crippen LogP contribution in [0.3, 0.4) is 0 Å². The third-order valence-corrected chi connectivity index (χ3v) is 5.99. The maximum absolute atomic E-state index is 13.2. The molecule has 4 rings (SSSR count). The summed E-state index contributed by atoms with van der Waals surface area (Å²) in [6.45, 7) is 9.37. The number of methoxy groups -OCH3 is 1. The van der Waals surface area contributed by atoms with Crippen LogP contribution in [0.4, 0.5) is 23.1 Å². The van der Waals surface area contributed by atoms with Gasteiger partial charge in [-0.05, 0) is 27.2 Å². The number of nitrogens with one attached hydrogen (secondary N) is 1. The Balaban J connectivity index is 1.65. The zero-order valence-electron chi connectivity index (χ0n) is 20.4. The van der Waals surface area contributed by atoms with E-state index in [1.165, 1.54) is 0 Å². The zero-order chi connectivity index (χ0) is 24.2. The Morgan fingerprint density at radius 1 is 1.09 bits per heavy atom. The summed E-state index contributed by atoms with van der Waals surface area (Å²) < 4.78 is 7.38. The highest BCUT2D eigenvalue weighted by Gasteiger charge is 2.37. The summed E-state index contributed by atoms with van der Waals surface area (Å²) in [4.78, 5) is 35.2. The van der Waals surface area contributed by atoms with Crippen molar-refractivity contribution in [2.75, 3.05) is 35.3 Å². The van der Waals surface area contributed by atoms with E-state index >= 15 is 0 Å². The van der Waals surface area contributed by atoms with Gasteiger partial charge in [-0.15, -0.1) is 0 Å². The van der Waals surface area contributed by atoms with Crippen LogP contribution in [-0.2, 0) is 4.79 Å². The Hall–Kier alpha value is -3.69. The molecule has 3 aromatic rings. The minimum absolute atomic E-state index is 0.119. The van der Waals surface area contributed by atoms with E-state index in [0.717, 1.165) is 36.5 Å². The number of carbonyl (C=O) groups excluding carboxylic acids is 1. The molecule has 0 bridgehead atoms. The van der Waals surface area contributed by atoms with Gasteiger partial charge in [-0.25, -0.2) is 15.0 Å². The van der Waals surface area contributed by atoms with Gasteiger partial charge in [-0.1, -0.05) is 19.8 Å². The lowest BCUT2D eigenvalue weighted by atomic mass is 10.0. The quantitative estimate of drug-likeness (QED) is 0.509. The topological polar surface area (TPSA) is 101 Å². The van der Waals surface area contributed by atoms with Gasteiger partial charge in [0, 0.05) is 25.4 Å². The number of carbonyl (C=O) groups is 1. The number of nitrogens with zero attached hydrogens (tertiary/aromatic N) is 7. The summed E-state index contributed by atoms with van der Waals surface area (Å²) in [5.41, 5.74) is 2.34. The van der Waals surface area contributed by atoms with Crippen LogP contribution in [0.1, 0.15) is 45.7 Å². The first-order chi connectivity index (χ1) is 16.5. The van der Waals surface area contributed by atoms with Gasteiger partial charge in [0.05, 0.1) is 30.9 Å². The molecule has 0 saturated heterocycles. The Labute approximate surface area is 200 Å². The molecule has 0 aliphatic carbocycles. The molecule has 10 heteroatoms. The first-order valence-electron chi connectivity index (χ1n) is 11.8. The molecule has 1 atom stereocenters. The van der Waals surface area contributed by atoms with Crippen molar-refractivity contribution in [2.45, 2.75) is 53.0 Å². The van der Waals surface area contributed by atoms with Crippen molar-refractivity contribution in [1.82, 2.24) is 24.5 Å². The molecule has 1 N–H and O–H groups in total. The summed E-state index contributed by atoms with van der Waals surface area (Å²) in [5.74, 6) is 2.57. The highest BCUT2D eigenvalue weighted by Crippen LogP contribution is 2.36. The molecule has 0 spiro atoms. The van der Waals surface area contributed by atoms with Crippen LogP contribution in [0.15, 0.2) is 31.0 Å². The van der Waals surface area contributed by atoms with Crippen molar-refractivity contribution >= 4 is 29.0 Å². The van der Waals surface area contributed by atoms with Gasteiger partial charge < -0.3 is 19.9 Å². The van der Waals surface area contributed by atoms with E-state index in [9.17, 15) is 4.79 Å². The van der Waals surface area contributed by atoms with Gasteiger partial charge in [0.2, 0.25) is 11.9 Å². The average Bonchev–Trinajstić information content (AvgIpc) is 3.28. The fourth-order valence-electron chi connectivity index (χ4n) is 4.30. The molecule has 0 fully saturated rings. The monoisotopic (exact) mass is 464 g/mol. The molecule has 4 heterocycles. The van der Waals surface area contributed by atoms with Crippen molar-refractivity contribution in [3.8, 4) is 11.6 Å². The van der Waals surface area contributed by atoms with Crippen LogP contribution in [0.5, 0.6) is 5.75 Å². The van der Waals surface area contributed by atoms with Gasteiger partial charge in [0.1, 0.15) is 18.1 Å². The van der Waals surface area contributed by atoms with Crippen LogP contribution in [0.2, 0.25) is 0 Å². The van der Waals surface area contributed by atoms with Crippen molar-refractivity contribution in [2.24, 2.45) is 0 Å². The lowest BCUT2D eigenvalue weighted by Crippen LogP contribution is -2.54. The number of likely N-dealkylation sites (N-methyl/N-ethyl adjacent to an activating group) is 2. The number of amides is 1. The summed E-state index contributed by atoms with van der Waals surface area (Å²) in [6, 6.07) is 1.64. The molecule has 1 aliphatic rings. The highest BCUT2D eigenvalue weighted by atomic mass is 16.5. The second-order valence-electron chi connectivity index (χ2n) is 8.23. The van der Waals surface area contributed by atoms with Gasteiger partial charge in [0.15, 0.2) is 17.4 Å². The number of hydrogen-bond donors (Lipinski definition) is 1. The summed E-state index contributed by atoms with van der Waals surface area (Å²) >= 11 is 0. The molecule has 1 unspecified atom stereocenters. The molecule has 0 radical (unpaired) electrons. The molecule has 1 aliphatic heterocycles. The number of fused-ring (bicyclic) bond motifs is 1. The highest BCUT2D eigenvalue weighted by molar-refractivity contribution is 6.04. The molecule has 180 valence electrons. The first-order valence-corrected chi connectivity index (χ1v) is 11.8. The number of unbranched alkanes of at least 4 members (excludes halogenated alkanes) is 1. The van der Waals surface area contributed by atoms with Gasteiger partial charge >= 0.3 is 0 Å². The lowest BCUT2D eigenvalue weighted by Gasteiger charge is -2.41. The van der Waals surface area contributed by atoms with Crippen LogP contribution in [0.25, 0.3) is 5.82 Å². The lowest BCUT2D eigenvalue weighted by molar-refractivity contribution is -0.120. The minimum Gasteiger partial charge on any atom is -0.493 e. The Morgan fingerprint density at radius 2 is 1.91 bits per heavy atom. The summed E-state index contributed by atoms with van der Waals surface area (Å²) in [5, 5.41) is 3.24. The smallest absolute Gasteiger partial charge is 0.249 e. The molecular formula is C24H32N8O2. The molecule has 3 aromatic heterocycles. The second-order valence-corrected chi connectivity index (χ2v) is 8.23. The van der Waals surface area contributed by atoms with E-state index in [-0.39, 0.29) is 11.9 Å². The molecule has 34 heavy (non-hydrogen) atoms. The Kier molecular flexibility index (Phi) is 6.95. The van der Waals surface area contributed by atoms with E-state index in [4.69, 9.17) is 9.72 Å². The average molecular weight is 465 g/mol. The van der Waals surface area contributed by atoms with Gasteiger partial charge in [-0.2, -0.15) is 4.98 Å². The van der Waals surface area contributed by atoms with E-state index in [2.05, 4.69) is 39.0 Å². The third kappa shape index (κ3) is 4.40. The predicted molar refractivity (Wildman–Crippen MR) is 132 cm³/mol. The SMILES string of the molecule is CCCCC1C(=O)N(CC)c2cnc(Nc3cnc(-n4cnc(C)c4)c(OC)c3)nc2N1CC. The normalized spacial score (nSPS) is 15.4. The molecule has 0 aromatic carbocycles. The number of aromatic nitrogens is 5. The fraction of sp³-hybridized carbons (Fsp3) is 0.458. The largest absolute Gasteiger partial charge is 0.493 e. The number of imidazole rings is 1. The van der Waals surface area contributed by atoms with Crippen LogP contribution < -0.4 is 19.9 Å². The summed E-state index contributed by atoms with van der Waals surface area (Å²) in [6.07, 6.45) is 9.86. The molecule has 10 nitrogen and oxygen atoms in total. The van der Waals surface area contributed by atoms with E-state index in [0.29, 0.717) is 36.3 Å². The predicted octanol–water partition coefficient (Wildman–Crippen LogP) is 3.87. The maximum Gasteiger partial charge on any atom is 0.249 e. The van der Waals surface area contributed by atoms with Crippen LogP contribution in [0, 0.1) is 6.92 Å². The number of rotatable bonds is 9. The number of ether oxygens (including phenoxy) is 1. The standard InChI is InChI=1S/C24H32N8O2/c1-6-9-10-18-23(33)32(8-3)19-13-26-24(29-21(19)31(18)7-2)28-17-11-20(34-5)22(25-12-17)30-14-16(4)27-15-30/h11-15,18H,6-10H2,1-5H3,(H,26,28,29). The Morgan fingerprint density at radius 3 is 2.56 bits per heavy atom. The first kappa shape index (κ1) is 23.5. The number of anilines is 4. The van der Waals surface area contributed by atoms with Gasteiger partial charge in [-0.3, -0.25) is 9.36 Å². The Bertz CT molecular complexity index is 1160. The number of aryl methyl sites for hydroxylation is 1. The fourth-order valence-corrected chi connectivity index (χ4v) is 4.30. The molecule has 1 amide bonds. The zero-order valence-corrected chi connectivity index (χ0v) is 20.4. The van der Waals surface area contributed by atoms with Crippen molar-refractivity contribution in [1.29, 1.82) is 0 Å². The van der Waals surface area contributed by atoms with Crippen LogP contribution >= 0.6 is 0 Å².